The Morgan fingerprint density at radius 1 is 1.38 bits per heavy atom. The summed E-state index contributed by atoms with van der Waals surface area (Å²) < 4.78 is 24.5. The van der Waals surface area contributed by atoms with Gasteiger partial charge >= 0.3 is 0 Å². The molecule has 0 aliphatic carbocycles. The van der Waals surface area contributed by atoms with Gasteiger partial charge in [0.2, 0.25) is 15.9 Å². The van der Waals surface area contributed by atoms with E-state index in [4.69, 9.17) is 5.14 Å². The van der Waals surface area contributed by atoms with E-state index < -0.39 is 10.0 Å². The van der Waals surface area contributed by atoms with Gasteiger partial charge in [-0.25, -0.2) is 18.5 Å². The number of nitrogens with zero attached hydrogens (tertiary/aromatic N) is 2. The lowest BCUT2D eigenvalue weighted by Gasteiger charge is -2.13. The van der Waals surface area contributed by atoms with Gasteiger partial charge in [0, 0.05) is 18.1 Å². The Labute approximate surface area is 122 Å². The second kappa shape index (κ2) is 5.66. The predicted molar refractivity (Wildman–Crippen MR) is 78.1 cm³/mol. The SMILES string of the molecule is Cc1cc(S(N)(=O)=O)cc(NC(=O)Cn2ccnc2)c1C. The molecule has 0 radical (unpaired) electrons. The first kappa shape index (κ1) is 15.2. The minimum absolute atomic E-state index is 0.0245. The molecule has 0 bridgehead atoms. The van der Waals surface area contributed by atoms with Gasteiger partial charge in [0.05, 0.1) is 11.2 Å². The van der Waals surface area contributed by atoms with Crippen LogP contribution in [0, 0.1) is 13.8 Å². The third kappa shape index (κ3) is 3.67. The molecule has 0 spiro atoms. The smallest absolute Gasteiger partial charge is 0.244 e. The standard InChI is InChI=1S/C13H16N4O3S/c1-9-5-11(21(14,19)20)6-12(10(9)2)16-13(18)7-17-4-3-15-8-17/h3-6,8H,7H2,1-2H3,(H,16,18)(H2,14,19,20). The molecule has 0 aliphatic rings. The van der Waals surface area contributed by atoms with Crippen LogP contribution in [-0.2, 0) is 21.4 Å². The van der Waals surface area contributed by atoms with E-state index >= 15 is 0 Å². The fourth-order valence-corrected chi connectivity index (χ4v) is 2.48. The first-order valence-electron chi connectivity index (χ1n) is 6.17. The summed E-state index contributed by atoms with van der Waals surface area (Å²) in [6, 6.07) is 2.85. The zero-order valence-electron chi connectivity index (χ0n) is 11.7. The van der Waals surface area contributed by atoms with Crippen molar-refractivity contribution in [1.29, 1.82) is 0 Å². The van der Waals surface area contributed by atoms with Crippen molar-refractivity contribution in [2.45, 2.75) is 25.3 Å². The molecule has 1 aromatic heterocycles. The van der Waals surface area contributed by atoms with Crippen LogP contribution in [0.2, 0.25) is 0 Å². The molecular formula is C13H16N4O3S. The van der Waals surface area contributed by atoms with Crippen molar-refractivity contribution < 1.29 is 13.2 Å². The van der Waals surface area contributed by atoms with Crippen molar-refractivity contribution in [1.82, 2.24) is 9.55 Å². The highest BCUT2D eigenvalue weighted by atomic mass is 32.2. The van der Waals surface area contributed by atoms with Crippen LogP contribution in [0.4, 0.5) is 5.69 Å². The van der Waals surface area contributed by atoms with Crippen LogP contribution < -0.4 is 10.5 Å². The van der Waals surface area contributed by atoms with Crippen LogP contribution >= 0.6 is 0 Å². The molecule has 0 atom stereocenters. The molecule has 0 aliphatic heterocycles. The molecule has 8 heteroatoms. The van der Waals surface area contributed by atoms with Crippen LogP contribution in [0.3, 0.4) is 0 Å². The van der Waals surface area contributed by atoms with Crippen molar-refractivity contribution in [3.05, 3.63) is 42.0 Å². The van der Waals surface area contributed by atoms with E-state index in [2.05, 4.69) is 10.3 Å². The number of aryl methyl sites for hydroxylation is 1. The maximum Gasteiger partial charge on any atom is 0.244 e. The molecule has 1 amide bonds. The quantitative estimate of drug-likeness (QED) is 0.870. The average Bonchev–Trinajstić information content (AvgIpc) is 2.86. The Bertz CT molecular complexity index is 767. The number of aromatic nitrogens is 2. The van der Waals surface area contributed by atoms with Gasteiger partial charge in [0.15, 0.2) is 0 Å². The number of primary sulfonamides is 1. The van der Waals surface area contributed by atoms with E-state index in [1.807, 2.05) is 0 Å². The molecule has 0 saturated heterocycles. The number of nitrogens with two attached hydrogens (primary N) is 1. The number of hydrogen-bond donors (Lipinski definition) is 2. The molecule has 112 valence electrons. The van der Waals surface area contributed by atoms with Crippen LogP contribution in [0.5, 0.6) is 0 Å². The van der Waals surface area contributed by atoms with Gasteiger partial charge in [-0.05, 0) is 37.1 Å². The molecule has 0 unspecified atom stereocenters. The minimum Gasteiger partial charge on any atom is -0.328 e. The third-order valence-electron chi connectivity index (χ3n) is 3.13. The summed E-state index contributed by atoms with van der Waals surface area (Å²) in [6.45, 7) is 3.66. The number of nitrogens with one attached hydrogen (secondary N) is 1. The van der Waals surface area contributed by atoms with E-state index in [0.29, 0.717) is 5.69 Å². The number of benzene rings is 1. The zero-order chi connectivity index (χ0) is 15.6. The summed E-state index contributed by atoms with van der Waals surface area (Å²) in [4.78, 5) is 15.8. The van der Waals surface area contributed by atoms with Gasteiger partial charge in [0.25, 0.3) is 0 Å². The second-order valence-electron chi connectivity index (χ2n) is 4.74. The average molecular weight is 308 g/mol. The van der Waals surface area contributed by atoms with Crippen LogP contribution in [-0.4, -0.2) is 23.9 Å². The maximum atomic E-state index is 12.0. The van der Waals surface area contributed by atoms with Crippen LogP contribution in [0.25, 0.3) is 0 Å². The van der Waals surface area contributed by atoms with Gasteiger partial charge in [-0.3, -0.25) is 4.79 Å². The molecule has 0 saturated carbocycles. The number of anilines is 1. The first-order valence-corrected chi connectivity index (χ1v) is 7.71. The first-order chi connectivity index (χ1) is 9.77. The summed E-state index contributed by atoms with van der Waals surface area (Å²) >= 11 is 0. The van der Waals surface area contributed by atoms with E-state index in [1.54, 1.807) is 30.8 Å². The summed E-state index contributed by atoms with van der Waals surface area (Å²) in [5.74, 6) is -0.276. The van der Waals surface area contributed by atoms with E-state index in [9.17, 15) is 13.2 Å². The van der Waals surface area contributed by atoms with Crippen LogP contribution in [0.15, 0.2) is 35.7 Å². The summed E-state index contributed by atoms with van der Waals surface area (Å²) in [5, 5.41) is 7.83. The Morgan fingerprint density at radius 2 is 2.10 bits per heavy atom. The van der Waals surface area contributed by atoms with Crippen molar-refractivity contribution in [2.75, 3.05) is 5.32 Å². The van der Waals surface area contributed by atoms with Gasteiger partial charge in [0.1, 0.15) is 6.54 Å². The molecule has 3 N–H and O–H groups in total. The highest BCUT2D eigenvalue weighted by molar-refractivity contribution is 7.89. The highest BCUT2D eigenvalue weighted by Crippen LogP contribution is 2.23. The Hall–Kier alpha value is -2.19. The third-order valence-corrected chi connectivity index (χ3v) is 4.02. The predicted octanol–water partition coefficient (Wildman–Crippen LogP) is 0.786. The summed E-state index contributed by atoms with van der Waals surface area (Å²) in [5.41, 5.74) is 1.96. The molecule has 21 heavy (non-hydrogen) atoms. The largest absolute Gasteiger partial charge is 0.328 e. The Kier molecular flexibility index (Phi) is 4.10. The molecule has 1 aromatic carbocycles. The fraction of sp³-hybridized carbons (Fsp3) is 0.231. The Morgan fingerprint density at radius 3 is 2.67 bits per heavy atom. The number of carbonyl (C=O) groups is 1. The lowest BCUT2D eigenvalue weighted by atomic mass is 10.1. The molecule has 2 aromatic rings. The number of amides is 1. The van der Waals surface area contributed by atoms with Gasteiger partial charge < -0.3 is 9.88 Å². The lowest BCUT2D eigenvalue weighted by Crippen LogP contribution is -2.19. The van der Waals surface area contributed by atoms with E-state index in [0.717, 1.165) is 11.1 Å². The van der Waals surface area contributed by atoms with E-state index in [1.165, 1.54) is 18.5 Å². The van der Waals surface area contributed by atoms with Gasteiger partial charge in [-0.1, -0.05) is 0 Å². The highest BCUT2D eigenvalue weighted by Gasteiger charge is 2.14. The summed E-state index contributed by atoms with van der Waals surface area (Å²) in [6.07, 6.45) is 4.77. The van der Waals surface area contributed by atoms with Crippen LogP contribution in [0.1, 0.15) is 11.1 Å². The minimum atomic E-state index is -3.82. The number of carbonyl (C=O) groups excluding carboxylic acids is 1. The van der Waals surface area contributed by atoms with Gasteiger partial charge in [-0.2, -0.15) is 0 Å². The van der Waals surface area contributed by atoms with Crippen molar-refractivity contribution in [3.8, 4) is 0 Å². The number of hydrogen-bond acceptors (Lipinski definition) is 4. The molecule has 0 fully saturated rings. The fourth-order valence-electron chi connectivity index (χ4n) is 1.86. The van der Waals surface area contributed by atoms with Crippen molar-refractivity contribution in [3.63, 3.8) is 0 Å². The molecule has 7 nitrogen and oxygen atoms in total. The normalized spacial score (nSPS) is 11.4. The second-order valence-corrected chi connectivity index (χ2v) is 6.30. The zero-order valence-corrected chi connectivity index (χ0v) is 12.5. The van der Waals surface area contributed by atoms with Gasteiger partial charge in [-0.15, -0.1) is 0 Å². The lowest BCUT2D eigenvalue weighted by molar-refractivity contribution is -0.116. The maximum absolute atomic E-state index is 12.0. The Balaban J connectivity index is 2.27. The molecular weight excluding hydrogens is 292 g/mol. The number of rotatable bonds is 4. The topological polar surface area (TPSA) is 107 Å². The van der Waals surface area contributed by atoms with Crippen molar-refractivity contribution >= 4 is 21.6 Å². The van der Waals surface area contributed by atoms with E-state index in [-0.39, 0.29) is 17.3 Å². The monoisotopic (exact) mass is 308 g/mol. The molecule has 2 rings (SSSR count). The molecule has 1 heterocycles. The summed E-state index contributed by atoms with van der Waals surface area (Å²) in [7, 11) is -3.82. The number of sulfonamides is 1. The number of imidazole rings is 1. The van der Waals surface area contributed by atoms with Crippen molar-refractivity contribution in [2.24, 2.45) is 5.14 Å².